The van der Waals surface area contributed by atoms with Crippen LogP contribution < -0.4 is 11.5 Å². The van der Waals surface area contributed by atoms with Gasteiger partial charge in [0.2, 0.25) is 0 Å². The van der Waals surface area contributed by atoms with Gasteiger partial charge in [0.1, 0.15) is 0 Å². The number of fused-ring (bicyclic) bond motifs is 1. The number of hydrogen-bond acceptors (Lipinski definition) is 8. The average molecular weight is 556 g/mol. The summed E-state index contributed by atoms with van der Waals surface area (Å²) in [7, 11) is 4.29. The van der Waals surface area contributed by atoms with Crippen molar-refractivity contribution in [2.24, 2.45) is 34.1 Å². The monoisotopic (exact) mass is 555 g/mol. The Bertz CT molecular complexity index is 1050. The summed E-state index contributed by atoms with van der Waals surface area (Å²) in [5.74, 6) is -0.803. The number of esters is 2. The molecule has 0 aromatic heterocycles. The number of rotatable bonds is 9. The van der Waals surface area contributed by atoms with Crippen LogP contribution in [0.5, 0.6) is 0 Å². The van der Waals surface area contributed by atoms with Crippen LogP contribution in [0.25, 0.3) is 0 Å². The zero-order chi connectivity index (χ0) is 29.9. The molecule has 0 radical (unpaired) electrons. The Labute approximate surface area is 237 Å². The van der Waals surface area contributed by atoms with Crippen molar-refractivity contribution in [1.29, 1.82) is 0 Å². The maximum Gasteiger partial charge on any atom is 0.313 e. The highest BCUT2D eigenvalue weighted by Gasteiger charge is 2.53. The highest BCUT2D eigenvalue weighted by Crippen LogP contribution is 2.48. The minimum atomic E-state index is -0.837. The summed E-state index contributed by atoms with van der Waals surface area (Å²) in [4.78, 5) is 50.8. The average Bonchev–Trinajstić information content (AvgIpc) is 3.66. The van der Waals surface area contributed by atoms with E-state index in [1.807, 2.05) is 6.08 Å². The first-order valence-electron chi connectivity index (χ1n) is 13.9. The lowest BCUT2D eigenvalue weighted by molar-refractivity contribution is -0.156. The van der Waals surface area contributed by atoms with E-state index in [0.717, 1.165) is 38.5 Å². The molecule has 1 aromatic rings. The zero-order valence-electron chi connectivity index (χ0n) is 24.2. The summed E-state index contributed by atoms with van der Waals surface area (Å²) in [6.45, 7) is 7.95. The Kier molecular flexibility index (Phi) is 12.3. The number of carbonyl (C=O) groups is 4. The van der Waals surface area contributed by atoms with Crippen molar-refractivity contribution < 1.29 is 28.7 Å². The van der Waals surface area contributed by atoms with Gasteiger partial charge in [0, 0.05) is 13.1 Å². The molecule has 4 rings (SSSR count). The van der Waals surface area contributed by atoms with Crippen molar-refractivity contribution in [3.05, 3.63) is 60.7 Å². The first-order chi connectivity index (χ1) is 19.3. The fraction of sp³-hybridized carbons (Fsp3) is 0.548. The number of ether oxygens (including phenoxy) is 2. The second kappa shape index (κ2) is 14.9. The normalized spacial score (nSPS) is 26.6. The number of methoxy groups -OCH3 is 2. The van der Waals surface area contributed by atoms with E-state index >= 15 is 0 Å². The summed E-state index contributed by atoms with van der Waals surface area (Å²) < 4.78 is 9.90. The molecule has 1 aromatic carbocycles. The number of amides is 2. The molecule has 1 aliphatic heterocycles. The number of nitrogens with zero attached hydrogens (tertiary/aromatic N) is 1. The predicted octanol–water partition coefficient (Wildman–Crippen LogP) is 3.87. The molecule has 0 spiro atoms. The van der Waals surface area contributed by atoms with E-state index in [0.29, 0.717) is 36.4 Å². The molecular formula is C31H45N3O6. The Balaban J connectivity index is 0.000000299. The van der Waals surface area contributed by atoms with Gasteiger partial charge < -0.3 is 20.9 Å². The number of imide groups is 1. The fourth-order valence-electron chi connectivity index (χ4n) is 6.61. The smallest absolute Gasteiger partial charge is 0.313 e. The van der Waals surface area contributed by atoms with Gasteiger partial charge in [0.15, 0.2) is 0 Å². The molecule has 0 bridgehead atoms. The van der Waals surface area contributed by atoms with E-state index in [-0.39, 0.29) is 36.2 Å². The number of carbonyl (C=O) groups excluding carboxylic acids is 4. The van der Waals surface area contributed by atoms with E-state index in [1.54, 1.807) is 30.3 Å². The van der Waals surface area contributed by atoms with Gasteiger partial charge in [-0.1, -0.05) is 37.1 Å². The molecule has 2 fully saturated rings. The number of hydrogen-bond donors (Lipinski definition) is 2. The SMILES string of the molecule is C=CC[C@@H]1CCC[C@]1(CN)C(=O)OC.C=CC[C@@H]1CCC[C@]1(CN1C(=O)c2ccccc2C1=O)C(=O)OC.CN. The van der Waals surface area contributed by atoms with Crippen molar-refractivity contribution in [2.75, 3.05) is 34.4 Å². The molecule has 40 heavy (non-hydrogen) atoms. The highest BCUT2D eigenvalue weighted by atomic mass is 16.5. The van der Waals surface area contributed by atoms with Crippen LogP contribution >= 0.6 is 0 Å². The Morgan fingerprint density at radius 2 is 1.32 bits per heavy atom. The molecule has 4 N–H and O–H groups in total. The van der Waals surface area contributed by atoms with Crippen molar-refractivity contribution in [3.8, 4) is 0 Å². The molecule has 0 saturated heterocycles. The van der Waals surface area contributed by atoms with E-state index in [1.165, 1.54) is 26.2 Å². The van der Waals surface area contributed by atoms with Crippen LogP contribution in [0.3, 0.4) is 0 Å². The third kappa shape index (κ3) is 6.20. The van der Waals surface area contributed by atoms with Crippen molar-refractivity contribution in [3.63, 3.8) is 0 Å². The molecule has 4 atom stereocenters. The van der Waals surface area contributed by atoms with E-state index in [9.17, 15) is 19.2 Å². The second-order valence-corrected chi connectivity index (χ2v) is 10.5. The maximum absolute atomic E-state index is 12.6. The van der Waals surface area contributed by atoms with Crippen LogP contribution in [0.15, 0.2) is 49.6 Å². The molecule has 2 amide bonds. The van der Waals surface area contributed by atoms with Crippen LogP contribution in [0.2, 0.25) is 0 Å². The quantitative estimate of drug-likeness (QED) is 0.266. The van der Waals surface area contributed by atoms with Crippen LogP contribution in [-0.2, 0) is 19.1 Å². The first-order valence-corrected chi connectivity index (χ1v) is 13.9. The minimum Gasteiger partial charge on any atom is -0.469 e. The standard InChI is InChI=1S/C19H21NO4.C11H19NO2.CH5N/c1-3-7-13-8-6-11-19(13,18(23)24-2)12-20-16(21)14-9-4-5-10-15(14)17(20)22;1-3-5-9-6-4-7-11(9,8-12)10(13)14-2;1-2/h3-5,9-10,13H,1,6-8,11-12H2,2H3;3,9H,1,4-8,12H2,2H3;2H2,1H3/t13-,19-;9-,11-;/m11./s1. The number of allylic oxidation sites excluding steroid dienone is 2. The molecule has 3 aliphatic rings. The summed E-state index contributed by atoms with van der Waals surface area (Å²) in [5, 5.41) is 0. The molecule has 1 heterocycles. The lowest BCUT2D eigenvalue weighted by Crippen LogP contribution is -2.48. The number of benzene rings is 1. The molecule has 2 saturated carbocycles. The van der Waals surface area contributed by atoms with Crippen molar-refractivity contribution >= 4 is 23.8 Å². The third-order valence-electron chi connectivity index (χ3n) is 8.68. The second-order valence-electron chi connectivity index (χ2n) is 10.5. The van der Waals surface area contributed by atoms with Gasteiger partial charge in [0.05, 0.1) is 36.2 Å². The largest absolute Gasteiger partial charge is 0.469 e. The molecule has 220 valence electrons. The summed E-state index contributed by atoms with van der Waals surface area (Å²) in [5.41, 5.74) is 9.76. The van der Waals surface area contributed by atoms with E-state index in [4.69, 9.17) is 15.2 Å². The van der Waals surface area contributed by atoms with Crippen LogP contribution in [0.4, 0.5) is 0 Å². The van der Waals surface area contributed by atoms with Gasteiger partial charge in [-0.05, 0) is 69.5 Å². The van der Waals surface area contributed by atoms with E-state index in [2.05, 4.69) is 18.9 Å². The van der Waals surface area contributed by atoms with Crippen molar-refractivity contribution in [1.82, 2.24) is 4.90 Å². The van der Waals surface area contributed by atoms with Gasteiger partial charge in [-0.2, -0.15) is 0 Å². The van der Waals surface area contributed by atoms with E-state index < -0.39 is 10.8 Å². The summed E-state index contributed by atoms with van der Waals surface area (Å²) in [6, 6.07) is 6.77. The topological polar surface area (TPSA) is 142 Å². The van der Waals surface area contributed by atoms with Crippen LogP contribution in [0, 0.1) is 22.7 Å². The van der Waals surface area contributed by atoms with Gasteiger partial charge in [-0.25, -0.2) is 0 Å². The fourth-order valence-corrected chi connectivity index (χ4v) is 6.61. The molecule has 0 unspecified atom stereocenters. The minimum absolute atomic E-state index is 0.0340. The molecular weight excluding hydrogens is 510 g/mol. The maximum atomic E-state index is 12.6. The van der Waals surface area contributed by atoms with Gasteiger partial charge >= 0.3 is 11.9 Å². The van der Waals surface area contributed by atoms with Gasteiger partial charge in [-0.3, -0.25) is 24.1 Å². The lowest BCUT2D eigenvalue weighted by Gasteiger charge is -2.35. The lowest BCUT2D eigenvalue weighted by atomic mass is 9.75. The van der Waals surface area contributed by atoms with Crippen LogP contribution in [-0.4, -0.2) is 63.0 Å². The Hall–Kier alpha value is -3.30. The predicted molar refractivity (Wildman–Crippen MR) is 154 cm³/mol. The highest BCUT2D eigenvalue weighted by molar-refractivity contribution is 6.21. The molecule has 2 aliphatic carbocycles. The molecule has 9 heteroatoms. The number of nitrogens with two attached hydrogens (primary N) is 2. The Morgan fingerprint density at radius 1 is 0.900 bits per heavy atom. The van der Waals surface area contributed by atoms with Gasteiger partial charge in [-0.15, -0.1) is 13.2 Å². The third-order valence-corrected chi connectivity index (χ3v) is 8.68. The summed E-state index contributed by atoms with van der Waals surface area (Å²) in [6.07, 6.45) is 10.5. The molecule has 9 nitrogen and oxygen atoms in total. The Morgan fingerprint density at radius 3 is 1.75 bits per heavy atom. The van der Waals surface area contributed by atoms with Crippen molar-refractivity contribution in [2.45, 2.75) is 51.4 Å². The zero-order valence-corrected chi connectivity index (χ0v) is 24.2. The summed E-state index contributed by atoms with van der Waals surface area (Å²) >= 11 is 0. The van der Waals surface area contributed by atoms with Crippen LogP contribution in [0.1, 0.15) is 72.1 Å². The first kappa shape index (κ1) is 32.9. The van der Waals surface area contributed by atoms with Gasteiger partial charge in [0.25, 0.3) is 11.8 Å².